The third-order valence-corrected chi connectivity index (χ3v) is 3.06. The van der Waals surface area contributed by atoms with Gasteiger partial charge >= 0.3 is 6.09 Å². The van der Waals surface area contributed by atoms with Crippen LogP contribution in [-0.4, -0.2) is 50.3 Å². The molecule has 2 amide bonds. The average Bonchev–Trinajstić information content (AvgIpc) is 2.51. The topological polar surface area (TPSA) is 67.9 Å². The average molecular weight is 294 g/mol. The Bertz CT molecular complexity index is 450. The van der Waals surface area contributed by atoms with Gasteiger partial charge in [0.1, 0.15) is 13.2 Å². The first-order valence-electron chi connectivity index (χ1n) is 6.73. The predicted octanol–water partition coefficient (Wildman–Crippen LogP) is 1.41. The fourth-order valence-corrected chi connectivity index (χ4v) is 1.65. The number of carbonyl (C=O) groups is 2. The van der Waals surface area contributed by atoms with Gasteiger partial charge in [-0.25, -0.2) is 4.79 Å². The first kappa shape index (κ1) is 17.0. The predicted molar refractivity (Wildman–Crippen MR) is 78.7 cm³/mol. The molecule has 0 aliphatic carbocycles. The van der Waals surface area contributed by atoms with Crippen LogP contribution in [0.2, 0.25) is 0 Å². The van der Waals surface area contributed by atoms with Crippen LogP contribution < -0.4 is 5.32 Å². The number of benzene rings is 1. The highest BCUT2D eigenvalue weighted by Gasteiger charge is 2.16. The van der Waals surface area contributed by atoms with Crippen molar-refractivity contribution in [2.75, 3.05) is 27.3 Å². The Morgan fingerprint density at radius 2 is 1.95 bits per heavy atom. The van der Waals surface area contributed by atoms with Gasteiger partial charge in [-0.05, 0) is 12.5 Å². The molecule has 1 aromatic rings. The number of methoxy groups -OCH3 is 1. The van der Waals surface area contributed by atoms with Gasteiger partial charge in [-0.2, -0.15) is 0 Å². The van der Waals surface area contributed by atoms with E-state index in [2.05, 4.69) is 5.32 Å². The second-order valence-electron chi connectivity index (χ2n) is 4.72. The molecular formula is C15H22N2O4. The lowest BCUT2D eigenvalue weighted by Crippen LogP contribution is -2.43. The molecule has 0 saturated carbocycles. The molecule has 0 unspecified atom stereocenters. The Labute approximate surface area is 125 Å². The van der Waals surface area contributed by atoms with E-state index in [9.17, 15) is 9.59 Å². The van der Waals surface area contributed by atoms with E-state index in [0.717, 1.165) is 5.56 Å². The lowest BCUT2D eigenvalue weighted by molar-refractivity contribution is -0.131. The Morgan fingerprint density at radius 3 is 2.57 bits per heavy atom. The van der Waals surface area contributed by atoms with Crippen LogP contribution in [0.4, 0.5) is 4.79 Å². The number of nitrogens with one attached hydrogen (secondary N) is 1. The zero-order chi connectivity index (χ0) is 15.7. The first-order chi connectivity index (χ1) is 10.0. The van der Waals surface area contributed by atoms with Crippen LogP contribution >= 0.6 is 0 Å². The number of nitrogens with zero attached hydrogens (tertiary/aromatic N) is 1. The molecule has 1 rings (SSSR count). The summed E-state index contributed by atoms with van der Waals surface area (Å²) >= 11 is 0. The maximum atomic E-state index is 11.8. The molecule has 1 N–H and O–H groups in total. The molecule has 0 heterocycles. The fraction of sp³-hybridized carbons (Fsp3) is 0.467. The van der Waals surface area contributed by atoms with Gasteiger partial charge in [0, 0.05) is 14.2 Å². The summed E-state index contributed by atoms with van der Waals surface area (Å²) < 4.78 is 10.0. The standard InChI is InChI=1S/C15H22N2O4/c1-12(10-20-3)17(2)14(18)9-16-15(19)21-11-13-7-5-4-6-8-13/h4-8,12H,9-11H2,1-3H3,(H,16,19)/t12-/m0/s1. The van der Waals surface area contributed by atoms with E-state index in [1.54, 1.807) is 14.2 Å². The molecule has 1 aromatic carbocycles. The van der Waals surface area contributed by atoms with Crippen LogP contribution in [0.25, 0.3) is 0 Å². The highest BCUT2D eigenvalue weighted by Crippen LogP contribution is 2.00. The number of alkyl carbamates (subject to hydrolysis) is 1. The summed E-state index contributed by atoms with van der Waals surface area (Å²) in [6.45, 7) is 2.39. The highest BCUT2D eigenvalue weighted by atomic mass is 16.5. The number of likely N-dealkylation sites (N-methyl/N-ethyl adjacent to an activating group) is 1. The van der Waals surface area contributed by atoms with E-state index in [1.165, 1.54) is 4.90 Å². The summed E-state index contributed by atoms with van der Waals surface area (Å²) in [5, 5.41) is 2.44. The van der Waals surface area contributed by atoms with E-state index < -0.39 is 6.09 Å². The maximum Gasteiger partial charge on any atom is 0.407 e. The van der Waals surface area contributed by atoms with Crippen molar-refractivity contribution >= 4 is 12.0 Å². The number of ether oxygens (including phenoxy) is 2. The third kappa shape index (κ3) is 6.27. The van der Waals surface area contributed by atoms with Crippen LogP contribution in [0.1, 0.15) is 12.5 Å². The third-order valence-electron chi connectivity index (χ3n) is 3.06. The minimum absolute atomic E-state index is 0.0513. The zero-order valence-electron chi connectivity index (χ0n) is 12.7. The van der Waals surface area contributed by atoms with Gasteiger partial charge in [-0.3, -0.25) is 4.79 Å². The molecule has 6 nitrogen and oxygen atoms in total. The molecule has 116 valence electrons. The monoisotopic (exact) mass is 294 g/mol. The number of rotatable bonds is 7. The smallest absolute Gasteiger partial charge is 0.407 e. The minimum atomic E-state index is -0.611. The van der Waals surface area contributed by atoms with Gasteiger partial charge < -0.3 is 19.7 Å². The zero-order valence-corrected chi connectivity index (χ0v) is 12.7. The summed E-state index contributed by atoms with van der Waals surface area (Å²) in [6, 6.07) is 9.29. The Balaban J connectivity index is 2.27. The summed E-state index contributed by atoms with van der Waals surface area (Å²) in [5.41, 5.74) is 0.893. The first-order valence-corrected chi connectivity index (χ1v) is 6.73. The molecule has 0 radical (unpaired) electrons. The normalized spacial score (nSPS) is 11.6. The van der Waals surface area contributed by atoms with Crippen LogP contribution in [0, 0.1) is 0 Å². The summed E-state index contributed by atoms with van der Waals surface area (Å²) in [5.74, 6) is -0.198. The van der Waals surface area contributed by atoms with Crippen molar-refractivity contribution in [2.45, 2.75) is 19.6 Å². The van der Waals surface area contributed by atoms with Crippen molar-refractivity contribution < 1.29 is 19.1 Å². The summed E-state index contributed by atoms with van der Waals surface area (Å²) in [7, 11) is 3.25. The van der Waals surface area contributed by atoms with Crippen LogP contribution in [0.3, 0.4) is 0 Å². The SMILES string of the molecule is COC[C@H](C)N(C)C(=O)CNC(=O)OCc1ccccc1. The maximum absolute atomic E-state index is 11.8. The van der Waals surface area contributed by atoms with E-state index in [1.807, 2.05) is 37.3 Å². The van der Waals surface area contributed by atoms with Crippen molar-refractivity contribution in [3.05, 3.63) is 35.9 Å². The molecule has 21 heavy (non-hydrogen) atoms. The molecule has 0 aromatic heterocycles. The van der Waals surface area contributed by atoms with Crippen molar-refractivity contribution in [1.82, 2.24) is 10.2 Å². The van der Waals surface area contributed by atoms with E-state index in [4.69, 9.17) is 9.47 Å². The molecular weight excluding hydrogens is 272 g/mol. The Morgan fingerprint density at radius 1 is 1.29 bits per heavy atom. The minimum Gasteiger partial charge on any atom is -0.445 e. The largest absolute Gasteiger partial charge is 0.445 e. The van der Waals surface area contributed by atoms with E-state index >= 15 is 0 Å². The molecule has 0 bridgehead atoms. The van der Waals surface area contributed by atoms with Gasteiger partial charge in [-0.1, -0.05) is 30.3 Å². The van der Waals surface area contributed by atoms with E-state index in [0.29, 0.717) is 6.61 Å². The second-order valence-corrected chi connectivity index (χ2v) is 4.72. The Hall–Kier alpha value is -2.08. The molecule has 0 aliphatic rings. The lowest BCUT2D eigenvalue weighted by atomic mass is 10.2. The number of hydrogen-bond donors (Lipinski definition) is 1. The van der Waals surface area contributed by atoms with Crippen LogP contribution in [0.15, 0.2) is 30.3 Å². The quantitative estimate of drug-likeness (QED) is 0.825. The molecule has 0 saturated heterocycles. The summed E-state index contributed by atoms with van der Waals surface area (Å²) in [6.07, 6.45) is -0.611. The van der Waals surface area contributed by atoms with E-state index in [-0.39, 0.29) is 25.1 Å². The molecule has 1 atom stereocenters. The van der Waals surface area contributed by atoms with Gasteiger partial charge in [0.25, 0.3) is 0 Å². The van der Waals surface area contributed by atoms with Crippen LogP contribution in [-0.2, 0) is 20.9 Å². The highest BCUT2D eigenvalue weighted by molar-refractivity contribution is 5.82. The summed E-state index contributed by atoms with van der Waals surface area (Å²) in [4.78, 5) is 24.9. The van der Waals surface area contributed by atoms with Crippen LogP contribution in [0.5, 0.6) is 0 Å². The second kappa shape index (κ2) is 8.97. The van der Waals surface area contributed by atoms with Gasteiger partial charge in [0.2, 0.25) is 5.91 Å². The van der Waals surface area contributed by atoms with Crippen molar-refractivity contribution in [3.63, 3.8) is 0 Å². The Kier molecular flexibility index (Phi) is 7.25. The van der Waals surface area contributed by atoms with Crippen molar-refractivity contribution in [2.24, 2.45) is 0 Å². The fourth-order valence-electron chi connectivity index (χ4n) is 1.65. The lowest BCUT2D eigenvalue weighted by Gasteiger charge is -2.24. The van der Waals surface area contributed by atoms with Gasteiger partial charge in [-0.15, -0.1) is 0 Å². The number of hydrogen-bond acceptors (Lipinski definition) is 4. The molecule has 0 spiro atoms. The van der Waals surface area contributed by atoms with Gasteiger partial charge in [0.15, 0.2) is 0 Å². The number of carbonyl (C=O) groups excluding carboxylic acids is 2. The molecule has 6 heteroatoms. The van der Waals surface area contributed by atoms with Crippen molar-refractivity contribution in [1.29, 1.82) is 0 Å². The van der Waals surface area contributed by atoms with Crippen molar-refractivity contribution in [3.8, 4) is 0 Å². The molecule has 0 aliphatic heterocycles. The molecule has 0 fully saturated rings. The van der Waals surface area contributed by atoms with Gasteiger partial charge in [0.05, 0.1) is 12.6 Å². The number of amides is 2.